The second kappa shape index (κ2) is 7.19. The molecule has 1 atom stereocenters. The number of amides is 4. The van der Waals surface area contributed by atoms with E-state index in [4.69, 9.17) is 0 Å². The van der Waals surface area contributed by atoms with Crippen LogP contribution in [-0.4, -0.2) is 29.3 Å². The third kappa shape index (κ3) is 3.53. The average Bonchev–Trinajstić information content (AvgIpc) is 2.87. The van der Waals surface area contributed by atoms with Gasteiger partial charge in [-0.05, 0) is 48.7 Å². The molecule has 7 heteroatoms. The lowest BCUT2D eigenvalue weighted by Crippen LogP contribution is -2.44. The van der Waals surface area contributed by atoms with Gasteiger partial charge in [0.25, 0.3) is 5.91 Å². The summed E-state index contributed by atoms with van der Waals surface area (Å²) in [6.45, 7) is 3.24. The Morgan fingerprint density at radius 3 is 2.52 bits per heavy atom. The van der Waals surface area contributed by atoms with Crippen molar-refractivity contribution in [2.75, 3.05) is 11.9 Å². The van der Waals surface area contributed by atoms with Crippen molar-refractivity contribution in [1.82, 2.24) is 10.2 Å². The number of rotatable bonds is 5. The van der Waals surface area contributed by atoms with Crippen molar-refractivity contribution in [3.63, 3.8) is 0 Å². The zero-order chi connectivity index (χ0) is 19.6. The van der Waals surface area contributed by atoms with E-state index in [1.54, 1.807) is 25.1 Å². The number of carbonyl (C=O) groups excluding carboxylic acids is 3. The van der Waals surface area contributed by atoms with Gasteiger partial charge in [0.1, 0.15) is 17.9 Å². The lowest BCUT2D eigenvalue weighted by Gasteiger charge is -2.25. The molecule has 0 saturated carbocycles. The van der Waals surface area contributed by atoms with E-state index in [-0.39, 0.29) is 6.42 Å². The van der Waals surface area contributed by atoms with Crippen LogP contribution in [-0.2, 0) is 15.1 Å². The number of imide groups is 1. The van der Waals surface area contributed by atoms with Crippen molar-refractivity contribution in [3.05, 3.63) is 65.5 Å². The van der Waals surface area contributed by atoms with E-state index in [9.17, 15) is 18.8 Å². The molecule has 1 aliphatic rings. The van der Waals surface area contributed by atoms with Crippen molar-refractivity contribution in [1.29, 1.82) is 0 Å². The molecule has 140 valence electrons. The smallest absolute Gasteiger partial charge is 0.325 e. The summed E-state index contributed by atoms with van der Waals surface area (Å²) in [6, 6.07) is 12.0. The van der Waals surface area contributed by atoms with Crippen molar-refractivity contribution in [3.8, 4) is 0 Å². The molecular formula is C20H20FN3O3. The van der Waals surface area contributed by atoms with E-state index in [1.807, 2.05) is 13.0 Å². The molecule has 0 bridgehead atoms. The summed E-state index contributed by atoms with van der Waals surface area (Å²) >= 11 is 0. The fourth-order valence-electron chi connectivity index (χ4n) is 3.21. The van der Waals surface area contributed by atoms with Gasteiger partial charge in [-0.2, -0.15) is 0 Å². The Morgan fingerprint density at radius 2 is 1.89 bits per heavy atom. The van der Waals surface area contributed by atoms with E-state index in [0.717, 1.165) is 10.5 Å². The highest BCUT2D eigenvalue weighted by atomic mass is 19.1. The molecule has 4 amide bonds. The normalized spacial score (nSPS) is 19.1. The number of aryl methyl sites for hydroxylation is 1. The number of halogens is 1. The molecule has 0 unspecified atom stereocenters. The molecule has 0 aromatic heterocycles. The minimum absolute atomic E-state index is 0.277. The van der Waals surface area contributed by atoms with Crippen LogP contribution in [0.1, 0.15) is 24.5 Å². The minimum atomic E-state index is -1.30. The number of anilines is 1. The second-order valence-electron chi connectivity index (χ2n) is 6.50. The van der Waals surface area contributed by atoms with Crippen molar-refractivity contribution in [2.24, 2.45) is 0 Å². The SMILES string of the molecule is CC[C@]1(c2ccc(F)cc2)NC(=O)N(CC(=O)Nc2cccc(C)c2)C1=O. The molecule has 3 rings (SSSR count). The fourth-order valence-corrected chi connectivity index (χ4v) is 3.21. The molecule has 0 spiro atoms. The molecule has 1 saturated heterocycles. The molecule has 2 aromatic rings. The Labute approximate surface area is 156 Å². The van der Waals surface area contributed by atoms with Gasteiger partial charge in [-0.3, -0.25) is 14.5 Å². The van der Waals surface area contributed by atoms with Gasteiger partial charge in [0.05, 0.1) is 0 Å². The monoisotopic (exact) mass is 369 g/mol. The number of nitrogens with zero attached hydrogens (tertiary/aromatic N) is 1. The van der Waals surface area contributed by atoms with Gasteiger partial charge in [-0.15, -0.1) is 0 Å². The predicted molar refractivity (Wildman–Crippen MR) is 98.4 cm³/mol. The van der Waals surface area contributed by atoms with Gasteiger partial charge in [-0.25, -0.2) is 9.18 Å². The van der Waals surface area contributed by atoms with Gasteiger partial charge < -0.3 is 10.6 Å². The first-order chi connectivity index (χ1) is 12.9. The van der Waals surface area contributed by atoms with E-state index in [0.29, 0.717) is 11.3 Å². The molecule has 2 N–H and O–H groups in total. The molecule has 27 heavy (non-hydrogen) atoms. The Bertz CT molecular complexity index is 898. The van der Waals surface area contributed by atoms with Crippen LogP contribution in [0.25, 0.3) is 0 Å². The van der Waals surface area contributed by atoms with Gasteiger partial charge in [-0.1, -0.05) is 31.2 Å². The van der Waals surface area contributed by atoms with Crippen LogP contribution in [0.5, 0.6) is 0 Å². The first-order valence-corrected chi connectivity index (χ1v) is 8.62. The number of hydrogen-bond acceptors (Lipinski definition) is 3. The van der Waals surface area contributed by atoms with E-state index >= 15 is 0 Å². The van der Waals surface area contributed by atoms with Crippen LogP contribution < -0.4 is 10.6 Å². The Kier molecular flexibility index (Phi) is 4.94. The van der Waals surface area contributed by atoms with Crippen LogP contribution >= 0.6 is 0 Å². The Balaban J connectivity index is 1.78. The van der Waals surface area contributed by atoms with Crippen molar-refractivity contribution >= 4 is 23.5 Å². The van der Waals surface area contributed by atoms with E-state index in [2.05, 4.69) is 10.6 Å². The molecule has 1 heterocycles. The van der Waals surface area contributed by atoms with Gasteiger partial charge in [0, 0.05) is 5.69 Å². The summed E-state index contributed by atoms with van der Waals surface area (Å²) in [5.41, 5.74) is 0.747. The first-order valence-electron chi connectivity index (χ1n) is 8.62. The lowest BCUT2D eigenvalue weighted by molar-refractivity contribution is -0.134. The number of hydrogen-bond donors (Lipinski definition) is 2. The zero-order valence-corrected chi connectivity index (χ0v) is 15.1. The average molecular weight is 369 g/mol. The topological polar surface area (TPSA) is 78.5 Å². The third-order valence-corrected chi connectivity index (χ3v) is 4.65. The Morgan fingerprint density at radius 1 is 1.19 bits per heavy atom. The highest BCUT2D eigenvalue weighted by Gasteiger charge is 2.51. The summed E-state index contributed by atoms with van der Waals surface area (Å²) in [5, 5.41) is 5.35. The molecule has 6 nitrogen and oxygen atoms in total. The quantitative estimate of drug-likeness (QED) is 0.796. The molecule has 2 aromatic carbocycles. The Hall–Kier alpha value is -3.22. The molecule has 1 aliphatic heterocycles. The van der Waals surface area contributed by atoms with Gasteiger partial charge in [0.15, 0.2) is 0 Å². The zero-order valence-electron chi connectivity index (χ0n) is 15.1. The van der Waals surface area contributed by atoms with Crippen LogP contribution in [0.4, 0.5) is 14.9 Å². The summed E-state index contributed by atoms with van der Waals surface area (Å²) in [5.74, 6) is -1.44. The minimum Gasteiger partial charge on any atom is -0.325 e. The van der Waals surface area contributed by atoms with Crippen molar-refractivity contribution < 1.29 is 18.8 Å². The van der Waals surface area contributed by atoms with Gasteiger partial charge >= 0.3 is 6.03 Å². The highest BCUT2D eigenvalue weighted by Crippen LogP contribution is 2.32. The molecule has 1 fully saturated rings. The van der Waals surface area contributed by atoms with Crippen LogP contribution in [0, 0.1) is 12.7 Å². The summed E-state index contributed by atoms with van der Waals surface area (Å²) in [7, 11) is 0. The number of nitrogens with one attached hydrogen (secondary N) is 2. The standard InChI is InChI=1S/C20H20FN3O3/c1-3-20(14-7-9-15(21)10-8-14)18(26)24(19(27)23-20)12-17(25)22-16-6-4-5-13(2)11-16/h4-11H,3,12H2,1-2H3,(H,22,25)(H,23,27)/t20-/m1/s1. The van der Waals surface area contributed by atoms with Gasteiger partial charge in [0.2, 0.25) is 5.91 Å². The number of urea groups is 1. The highest BCUT2D eigenvalue weighted by molar-refractivity contribution is 6.10. The molecule has 0 radical (unpaired) electrons. The number of benzene rings is 2. The predicted octanol–water partition coefficient (Wildman–Crippen LogP) is 2.93. The maximum Gasteiger partial charge on any atom is 0.325 e. The number of carbonyl (C=O) groups is 3. The molecule has 0 aliphatic carbocycles. The maximum atomic E-state index is 13.2. The van der Waals surface area contributed by atoms with E-state index in [1.165, 1.54) is 24.3 Å². The summed E-state index contributed by atoms with van der Waals surface area (Å²) in [6.07, 6.45) is 0.277. The molecular weight excluding hydrogens is 349 g/mol. The summed E-state index contributed by atoms with van der Waals surface area (Å²) < 4.78 is 13.2. The first kappa shape index (κ1) is 18.6. The largest absolute Gasteiger partial charge is 0.325 e. The van der Waals surface area contributed by atoms with E-state index < -0.39 is 35.7 Å². The fraction of sp³-hybridized carbons (Fsp3) is 0.250. The van der Waals surface area contributed by atoms with Crippen LogP contribution in [0.15, 0.2) is 48.5 Å². The maximum absolute atomic E-state index is 13.2. The van der Waals surface area contributed by atoms with Crippen LogP contribution in [0.3, 0.4) is 0 Å². The van der Waals surface area contributed by atoms with Crippen molar-refractivity contribution in [2.45, 2.75) is 25.8 Å². The third-order valence-electron chi connectivity index (χ3n) is 4.65. The lowest BCUT2D eigenvalue weighted by atomic mass is 9.87. The van der Waals surface area contributed by atoms with Crippen LogP contribution in [0.2, 0.25) is 0 Å². The summed E-state index contributed by atoms with van der Waals surface area (Å²) in [4.78, 5) is 38.6. The second-order valence-corrected chi connectivity index (χ2v) is 6.50.